The van der Waals surface area contributed by atoms with Crippen LogP contribution in [-0.4, -0.2) is 96.4 Å². The number of rotatable bonds is 5. The van der Waals surface area contributed by atoms with Gasteiger partial charge in [-0.05, 0) is 25.3 Å². The summed E-state index contributed by atoms with van der Waals surface area (Å²) in [4.78, 5) is 34.0. The highest BCUT2D eigenvalue weighted by atomic mass is 16.2. The van der Waals surface area contributed by atoms with Gasteiger partial charge >= 0.3 is 0 Å². The highest BCUT2D eigenvalue weighted by Crippen LogP contribution is 2.25. The first kappa shape index (κ1) is 20.4. The molecule has 4 rings (SSSR count). The number of hydrogen-bond acceptors (Lipinski definition) is 4. The molecule has 3 fully saturated rings. The lowest BCUT2D eigenvalue weighted by atomic mass is 9.91. The fourth-order valence-corrected chi connectivity index (χ4v) is 4.64. The third kappa shape index (κ3) is 5.17. The lowest BCUT2D eigenvalue weighted by molar-refractivity contribution is -0.136. The molecule has 2 heterocycles. The average molecular weight is 399 g/mol. The summed E-state index contributed by atoms with van der Waals surface area (Å²) < 4.78 is 0. The lowest BCUT2D eigenvalue weighted by Crippen LogP contribution is -2.56. The molecule has 1 saturated carbocycles. The Balaban J connectivity index is 1.17. The standard InChI is InChI=1S/C23H34N4O2/c1-19-4-2-5-20(16-19)17-22(28)26-10-8-24(9-11-26)18-23(29)27-14-12-25(13-15-27)21-6-3-7-21/h2,4-5,16,21H,3,6-15,17-18H2,1H3. The highest BCUT2D eigenvalue weighted by Gasteiger charge is 2.30. The molecule has 1 aromatic rings. The van der Waals surface area contributed by atoms with E-state index in [9.17, 15) is 9.59 Å². The fraction of sp³-hybridized carbons (Fsp3) is 0.652. The van der Waals surface area contributed by atoms with Crippen molar-refractivity contribution in [2.24, 2.45) is 0 Å². The molecule has 6 heteroatoms. The second-order valence-electron chi connectivity index (χ2n) is 8.82. The molecule has 2 aliphatic heterocycles. The van der Waals surface area contributed by atoms with Gasteiger partial charge in [-0.3, -0.25) is 19.4 Å². The third-order valence-electron chi connectivity index (χ3n) is 6.78. The summed E-state index contributed by atoms with van der Waals surface area (Å²) in [7, 11) is 0. The Kier molecular flexibility index (Phi) is 6.50. The van der Waals surface area contributed by atoms with Gasteiger partial charge in [0.05, 0.1) is 13.0 Å². The van der Waals surface area contributed by atoms with E-state index in [2.05, 4.69) is 28.9 Å². The molecule has 6 nitrogen and oxygen atoms in total. The number of benzene rings is 1. The summed E-state index contributed by atoms with van der Waals surface area (Å²) in [5, 5.41) is 0. The normalized spacial score (nSPS) is 21.8. The van der Waals surface area contributed by atoms with Crippen LogP contribution in [0.1, 0.15) is 30.4 Å². The molecule has 2 amide bonds. The predicted molar refractivity (Wildman–Crippen MR) is 114 cm³/mol. The number of nitrogens with zero attached hydrogens (tertiary/aromatic N) is 4. The van der Waals surface area contributed by atoms with E-state index in [0.717, 1.165) is 50.9 Å². The van der Waals surface area contributed by atoms with Crippen LogP contribution in [0.2, 0.25) is 0 Å². The minimum atomic E-state index is 0.189. The second-order valence-corrected chi connectivity index (χ2v) is 8.82. The first-order valence-electron chi connectivity index (χ1n) is 11.2. The topological polar surface area (TPSA) is 47.1 Å². The quantitative estimate of drug-likeness (QED) is 0.752. The third-order valence-corrected chi connectivity index (χ3v) is 6.78. The Morgan fingerprint density at radius 1 is 0.897 bits per heavy atom. The Bertz CT molecular complexity index is 717. The molecule has 29 heavy (non-hydrogen) atoms. The van der Waals surface area contributed by atoms with E-state index in [0.29, 0.717) is 26.1 Å². The van der Waals surface area contributed by atoms with Crippen molar-refractivity contribution in [3.8, 4) is 0 Å². The SMILES string of the molecule is Cc1cccc(CC(=O)N2CCN(CC(=O)N3CCN(C4CCC4)CC3)CC2)c1. The molecular weight excluding hydrogens is 364 g/mol. The van der Waals surface area contributed by atoms with Crippen molar-refractivity contribution in [1.29, 1.82) is 0 Å². The molecule has 158 valence electrons. The summed E-state index contributed by atoms with van der Waals surface area (Å²) in [6.45, 7) is 9.32. The molecule has 0 N–H and O–H groups in total. The van der Waals surface area contributed by atoms with Crippen LogP contribution in [0.3, 0.4) is 0 Å². The van der Waals surface area contributed by atoms with Gasteiger partial charge in [0.25, 0.3) is 0 Å². The van der Waals surface area contributed by atoms with Crippen LogP contribution in [0.4, 0.5) is 0 Å². The zero-order chi connectivity index (χ0) is 20.2. The largest absolute Gasteiger partial charge is 0.340 e. The maximum absolute atomic E-state index is 12.7. The van der Waals surface area contributed by atoms with Crippen molar-refractivity contribution in [2.75, 3.05) is 58.9 Å². The molecular formula is C23H34N4O2. The van der Waals surface area contributed by atoms with Gasteiger partial charge in [0.2, 0.25) is 11.8 Å². The van der Waals surface area contributed by atoms with Gasteiger partial charge in [0.1, 0.15) is 0 Å². The number of carbonyl (C=O) groups excluding carboxylic acids is 2. The maximum Gasteiger partial charge on any atom is 0.236 e. The summed E-state index contributed by atoms with van der Waals surface area (Å²) in [6, 6.07) is 8.93. The van der Waals surface area contributed by atoms with E-state index < -0.39 is 0 Å². The van der Waals surface area contributed by atoms with E-state index >= 15 is 0 Å². The Labute approximate surface area is 174 Å². The number of hydrogen-bond donors (Lipinski definition) is 0. The van der Waals surface area contributed by atoms with Crippen LogP contribution in [0, 0.1) is 6.92 Å². The lowest BCUT2D eigenvalue weighted by Gasteiger charge is -2.43. The second kappa shape index (κ2) is 9.26. The monoisotopic (exact) mass is 398 g/mol. The van der Waals surface area contributed by atoms with Gasteiger partial charge in [-0.2, -0.15) is 0 Å². The van der Waals surface area contributed by atoms with Gasteiger partial charge in [-0.1, -0.05) is 36.2 Å². The first-order valence-corrected chi connectivity index (χ1v) is 11.2. The van der Waals surface area contributed by atoms with Crippen LogP contribution in [0.15, 0.2) is 24.3 Å². The van der Waals surface area contributed by atoms with E-state index in [4.69, 9.17) is 0 Å². The van der Waals surface area contributed by atoms with E-state index in [-0.39, 0.29) is 11.8 Å². The van der Waals surface area contributed by atoms with Gasteiger partial charge in [0, 0.05) is 58.4 Å². The highest BCUT2D eigenvalue weighted by molar-refractivity contribution is 5.79. The van der Waals surface area contributed by atoms with Crippen LogP contribution < -0.4 is 0 Å². The molecule has 0 aromatic heterocycles. The van der Waals surface area contributed by atoms with Crippen LogP contribution in [0.5, 0.6) is 0 Å². The van der Waals surface area contributed by atoms with Gasteiger partial charge < -0.3 is 9.80 Å². The molecule has 1 aromatic carbocycles. The molecule has 2 saturated heterocycles. The summed E-state index contributed by atoms with van der Waals surface area (Å²) in [5.41, 5.74) is 2.26. The van der Waals surface area contributed by atoms with E-state index in [1.54, 1.807) is 0 Å². The number of aryl methyl sites for hydroxylation is 1. The first-order chi connectivity index (χ1) is 14.1. The zero-order valence-corrected chi connectivity index (χ0v) is 17.7. The fourth-order valence-electron chi connectivity index (χ4n) is 4.64. The number of amides is 2. The van der Waals surface area contributed by atoms with Crippen molar-refractivity contribution in [2.45, 2.75) is 38.6 Å². The molecule has 0 bridgehead atoms. The number of carbonyl (C=O) groups is 2. The number of piperazine rings is 2. The van der Waals surface area contributed by atoms with Crippen molar-refractivity contribution >= 4 is 11.8 Å². The van der Waals surface area contributed by atoms with E-state index in [1.165, 1.54) is 24.8 Å². The van der Waals surface area contributed by atoms with E-state index in [1.807, 2.05) is 21.9 Å². The molecule has 0 atom stereocenters. The maximum atomic E-state index is 12.7. The average Bonchev–Trinajstić information content (AvgIpc) is 2.68. The van der Waals surface area contributed by atoms with Crippen LogP contribution in [-0.2, 0) is 16.0 Å². The molecule has 1 aliphatic carbocycles. The zero-order valence-electron chi connectivity index (χ0n) is 17.7. The minimum absolute atomic E-state index is 0.189. The molecule has 0 unspecified atom stereocenters. The smallest absolute Gasteiger partial charge is 0.236 e. The summed E-state index contributed by atoms with van der Waals surface area (Å²) in [5.74, 6) is 0.437. The van der Waals surface area contributed by atoms with Crippen molar-refractivity contribution < 1.29 is 9.59 Å². The van der Waals surface area contributed by atoms with Crippen LogP contribution in [0.25, 0.3) is 0 Å². The molecule has 3 aliphatic rings. The summed E-state index contributed by atoms with van der Waals surface area (Å²) >= 11 is 0. The summed E-state index contributed by atoms with van der Waals surface area (Å²) in [6.07, 6.45) is 4.50. The van der Waals surface area contributed by atoms with Crippen LogP contribution >= 0.6 is 0 Å². The Morgan fingerprint density at radius 3 is 2.17 bits per heavy atom. The van der Waals surface area contributed by atoms with Gasteiger partial charge in [-0.25, -0.2) is 0 Å². The van der Waals surface area contributed by atoms with Gasteiger partial charge in [0.15, 0.2) is 0 Å². The Hall–Kier alpha value is -1.92. The molecule has 0 radical (unpaired) electrons. The molecule has 0 spiro atoms. The van der Waals surface area contributed by atoms with Crippen molar-refractivity contribution in [3.05, 3.63) is 35.4 Å². The predicted octanol–water partition coefficient (Wildman–Crippen LogP) is 1.38. The van der Waals surface area contributed by atoms with Crippen molar-refractivity contribution in [3.63, 3.8) is 0 Å². The van der Waals surface area contributed by atoms with Crippen molar-refractivity contribution in [1.82, 2.24) is 19.6 Å². The Morgan fingerprint density at radius 2 is 1.55 bits per heavy atom. The minimum Gasteiger partial charge on any atom is -0.340 e. The van der Waals surface area contributed by atoms with Gasteiger partial charge in [-0.15, -0.1) is 0 Å².